The number of phenolic OH excluding ortho intramolecular Hbond substituents is 1. The number of benzene rings is 2. The monoisotopic (exact) mass is 454 g/mol. The van der Waals surface area contributed by atoms with Crippen molar-refractivity contribution in [2.45, 2.75) is 32.2 Å². The van der Waals surface area contributed by atoms with Gasteiger partial charge in [0.15, 0.2) is 0 Å². The second-order valence-electron chi connectivity index (χ2n) is 9.62. The molecule has 5 rings (SSSR count). The minimum absolute atomic E-state index is 0.439. The Morgan fingerprint density at radius 1 is 1.12 bits per heavy atom. The van der Waals surface area contributed by atoms with Gasteiger partial charge in [0.1, 0.15) is 5.75 Å². The van der Waals surface area contributed by atoms with E-state index >= 15 is 0 Å². The summed E-state index contributed by atoms with van der Waals surface area (Å²) in [6, 6.07) is 15.0. The summed E-state index contributed by atoms with van der Waals surface area (Å²) < 4.78 is 0. The van der Waals surface area contributed by atoms with Crippen LogP contribution in [0.5, 0.6) is 5.75 Å². The van der Waals surface area contributed by atoms with Crippen LogP contribution < -0.4 is 4.90 Å². The molecule has 5 nitrogen and oxygen atoms in total. The maximum atomic E-state index is 10.2. The Hall–Kier alpha value is -3.07. The van der Waals surface area contributed by atoms with Crippen LogP contribution in [0.4, 0.5) is 5.69 Å². The minimum atomic E-state index is 0.439. The summed E-state index contributed by atoms with van der Waals surface area (Å²) in [7, 11) is 0. The smallest absolute Gasteiger partial charge is 0.119 e. The molecule has 176 valence electrons. The summed E-state index contributed by atoms with van der Waals surface area (Å²) in [6.45, 7) is 9.00. The first kappa shape index (κ1) is 22.7. The van der Waals surface area contributed by atoms with Crippen LogP contribution in [-0.2, 0) is 12.8 Å². The molecule has 2 aliphatic rings. The van der Waals surface area contributed by atoms with Crippen LogP contribution in [0.2, 0.25) is 0 Å². The van der Waals surface area contributed by atoms with Gasteiger partial charge < -0.3 is 10.0 Å². The molecule has 0 radical (unpaired) electrons. The van der Waals surface area contributed by atoms with E-state index in [0.29, 0.717) is 18.3 Å². The van der Waals surface area contributed by atoms with E-state index in [0.717, 1.165) is 69.6 Å². The zero-order chi connectivity index (χ0) is 23.5. The van der Waals surface area contributed by atoms with Gasteiger partial charge in [-0.3, -0.25) is 14.8 Å². The number of pyridine rings is 1. The van der Waals surface area contributed by atoms with E-state index in [4.69, 9.17) is 6.42 Å². The van der Waals surface area contributed by atoms with Gasteiger partial charge in [0.25, 0.3) is 0 Å². The largest absolute Gasteiger partial charge is 0.508 e. The predicted molar refractivity (Wildman–Crippen MR) is 139 cm³/mol. The molecule has 5 heteroatoms. The number of piperazine rings is 1. The van der Waals surface area contributed by atoms with Crippen molar-refractivity contribution in [3.8, 4) is 18.1 Å². The Balaban J connectivity index is 1.19. The Kier molecular flexibility index (Phi) is 6.71. The van der Waals surface area contributed by atoms with Gasteiger partial charge >= 0.3 is 0 Å². The number of anilines is 1. The van der Waals surface area contributed by atoms with E-state index in [1.807, 2.05) is 12.3 Å². The molecule has 1 fully saturated rings. The van der Waals surface area contributed by atoms with Gasteiger partial charge in [-0.15, -0.1) is 6.42 Å². The molecule has 1 saturated heterocycles. The molecule has 1 N–H and O–H groups in total. The average Bonchev–Trinajstić information content (AvgIpc) is 2.87. The topological polar surface area (TPSA) is 42.8 Å². The van der Waals surface area contributed by atoms with Crippen molar-refractivity contribution < 1.29 is 5.11 Å². The average molecular weight is 455 g/mol. The number of aryl methyl sites for hydroxylation is 1. The molecule has 0 saturated carbocycles. The summed E-state index contributed by atoms with van der Waals surface area (Å²) in [6.07, 6.45) is 10.6. The molecule has 1 aliphatic heterocycles. The minimum Gasteiger partial charge on any atom is -0.508 e. The van der Waals surface area contributed by atoms with Gasteiger partial charge in [0, 0.05) is 62.6 Å². The summed E-state index contributed by atoms with van der Waals surface area (Å²) in [4.78, 5) is 12.1. The number of rotatable bonds is 6. The predicted octanol–water partition coefficient (Wildman–Crippen LogP) is 3.86. The van der Waals surface area contributed by atoms with Crippen molar-refractivity contribution in [1.29, 1.82) is 0 Å². The van der Waals surface area contributed by atoms with E-state index < -0.39 is 0 Å². The molecule has 2 heterocycles. The van der Waals surface area contributed by atoms with E-state index in [9.17, 15) is 5.11 Å². The summed E-state index contributed by atoms with van der Waals surface area (Å²) >= 11 is 0. The van der Waals surface area contributed by atoms with Crippen LogP contribution in [0.3, 0.4) is 0 Å². The van der Waals surface area contributed by atoms with Crippen molar-refractivity contribution in [3.63, 3.8) is 0 Å². The van der Waals surface area contributed by atoms with Gasteiger partial charge in [-0.25, -0.2) is 0 Å². The molecule has 0 spiro atoms. The number of para-hydroxylation sites is 1. The number of aromatic nitrogens is 1. The zero-order valence-corrected chi connectivity index (χ0v) is 20.1. The standard InChI is InChI=1S/C29H34N4O/c1-3-14-32(24-10-11-25-23(21-24)7-5-9-28(25)34)18-15-31-16-19-33(20-17-31)27-12-13-30-29-22(2)6-4-8-26(27)29/h1,4-9,12-13,24,34H,10-11,14-21H2,2H3. The molecular weight excluding hydrogens is 420 g/mol. The lowest BCUT2D eigenvalue weighted by molar-refractivity contribution is 0.160. The van der Waals surface area contributed by atoms with Gasteiger partial charge in [-0.1, -0.05) is 36.3 Å². The molecule has 34 heavy (non-hydrogen) atoms. The second kappa shape index (κ2) is 10.0. The summed E-state index contributed by atoms with van der Waals surface area (Å²) in [5.74, 6) is 3.32. The quantitative estimate of drug-likeness (QED) is 0.573. The third-order valence-electron chi connectivity index (χ3n) is 7.61. The fraction of sp³-hybridized carbons (Fsp3) is 0.414. The Bertz CT molecular complexity index is 1190. The summed E-state index contributed by atoms with van der Waals surface area (Å²) in [5.41, 5.74) is 6.02. The fourth-order valence-electron chi connectivity index (χ4n) is 5.65. The maximum Gasteiger partial charge on any atom is 0.119 e. The number of terminal acetylenes is 1. The molecule has 1 aliphatic carbocycles. The normalized spacial score (nSPS) is 18.7. The maximum absolute atomic E-state index is 10.2. The first-order valence-corrected chi connectivity index (χ1v) is 12.4. The molecule has 1 unspecified atom stereocenters. The van der Waals surface area contributed by atoms with Crippen molar-refractivity contribution >= 4 is 16.6 Å². The number of fused-ring (bicyclic) bond motifs is 2. The highest BCUT2D eigenvalue weighted by atomic mass is 16.3. The third-order valence-corrected chi connectivity index (χ3v) is 7.61. The lowest BCUT2D eigenvalue weighted by atomic mass is 9.87. The lowest BCUT2D eigenvalue weighted by Crippen LogP contribution is -2.50. The third kappa shape index (κ3) is 4.61. The van der Waals surface area contributed by atoms with Gasteiger partial charge in [-0.2, -0.15) is 0 Å². The molecular formula is C29H34N4O. The SMILES string of the molecule is C#CCN(CCN1CCN(c2ccnc3c(C)cccc23)CC1)C1CCc2c(O)cccc2C1. The van der Waals surface area contributed by atoms with Crippen molar-refractivity contribution in [1.82, 2.24) is 14.8 Å². The van der Waals surface area contributed by atoms with Crippen LogP contribution in [0, 0.1) is 19.3 Å². The van der Waals surface area contributed by atoms with E-state index in [1.54, 1.807) is 6.07 Å². The molecule has 0 amide bonds. The highest BCUT2D eigenvalue weighted by Gasteiger charge is 2.26. The molecule has 2 aromatic carbocycles. The van der Waals surface area contributed by atoms with E-state index in [1.165, 1.54) is 22.2 Å². The number of phenols is 1. The van der Waals surface area contributed by atoms with Gasteiger partial charge in [-0.05, 0) is 55.0 Å². The Morgan fingerprint density at radius 2 is 1.94 bits per heavy atom. The number of nitrogens with zero attached hydrogens (tertiary/aromatic N) is 4. The molecule has 1 atom stereocenters. The van der Waals surface area contributed by atoms with Crippen LogP contribution in [0.25, 0.3) is 10.9 Å². The number of aromatic hydroxyl groups is 1. The van der Waals surface area contributed by atoms with Crippen LogP contribution in [0.15, 0.2) is 48.7 Å². The Morgan fingerprint density at radius 3 is 2.76 bits per heavy atom. The highest BCUT2D eigenvalue weighted by Crippen LogP contribution is 2.31. The Labute approximate surface area is 203 Å². The number of hydrogen-bond acceptors (Lipinski definition) is 5. The van der Waals surface area contributed by atoms with Crippen LogP contribution in [0.1, 0.15) is 23.1 Å². The second-order valence-corrected chi connectivity index (χ2v) is 9.62. The van der Waals surface area contributed by atoms with Gasteiger partial charge in [0.2, 0.25) is 0 Å². The van der Waals surface area contributed by atoms with Crippen molar-refractivity contribution in [3.05, 3.63) is 65.4 Å². The molecule has 1 aromatic heterocycles. The zero-order valence-electron chi connectivity index (χ0n) is 20.1. The lowest BCUT2D eigenvalue weighted by Gasteiger charge is -2.39. The van der Waals surface area contributed by atoms with Crippen molar-refractivity contribution in [2.75, 3.05) is 50.7 Å². The van der Waals surface area contributed by atoms with Gasteiger partial charge in [0.05, 0.1) is 12.1 Å². The molecule has 3 aromatic rings. The van der Waals surface area contributed by atoms with Crippen molar-refractivity contribution in [2.24, 2.45) is 0 Å². The van der Waals surface area contributed by atoms with Crippen LogP contribution >= 0.6 is 0 Å². The van der Waals surface area contributed by atoms with Crippen LogP contribution in [-0.4, -0.2) is 71.7 Å². The van der Waals surface area contributed by atoms with E-state index in [2.05, 4.69) is 62.9 Å². The first-order chi connectivity index (χ1) is 16.6. The first-order valence-electron chi connectivity index (χ1n) is 12.4. The molecule has 0 bridgehead atoms. The fourth-order valence-corrected chi connectivity index (χ4v) is 5.65. The number of hydrogen-bond donors (Lipinski definition) is 1. The van der Waals surface area contributed by atoms with E-state index in [-0.39, 0.29) is 0 Å². The highest BCUT2D eigenvalue weighted by molar-refractivity contribution is 5.93. The summed E-state index contributed by atoms with van der Waals surface area (Å²) in [5, 5.41) is 11.4.